The molecule has 1 saturated carbocycles. The Labute approximate surface area is 173 Å². The van der Waals surface area contributed by atoms with Gasteiger partial charge in [0.2, 0.25) is 0 Å². The molecule has 0 aliphatic heterocycles. The molecule has 1 aromatic rings. The smallest absolute Gasteiger partial charge is 0.121 e. The second-order valence-electron chi connectivity index (χ2n) is 8.83. The summed E-state index contributed by atoms with van der Waals surface area (Å²) in [6, 6.07) is 7.32. The van der Waals surface area contributed by atoms with Crippen molar-refractivity contribution in [1.82, 2.24) is 0 Å². The quantitative estimate of drug-likeness (QED) is 0.345. The van der Waals surface area contributed by atoms with Crippen LogP contribution < -0.4 is 9.92 Å². The highest BCUT2D eigenvalue weighted by Crippen LogP contribution is 2.56. The molecule has 0 N–H and O–H groups in total. The minimum Gasteiger partial charge on any atom is -0.489 e. The van der Waals surface area contributed by atoms with Gasteiger partial charge in [-0.15, -0.1) is 0 Å². The molecule has 0 saturated heterocycles. The molecule has 0 amide bonds. The Kier molecular flexibility index (Phi) is 6.70. The number of rotatable bonds is 8. The van der Waals surface area contributed by atoms with E-state index in [9.17, 15) is 0 Å². The van der Waals surface area contributed by atoms with Crippen molar-refractivity contribution in [3.63, 3.8) is 0 Å². The van der Waals surface area contributed by atoms with Crippen LogP contribution in [0.1, 0.15) is 51.2 Å². The van der Waals surface area contributed by atoms with Gasteiger partial charge < -0.3 is 4.74 Å². The summed E-state index contributed by atoms with van der Waals surface area (Å²) in [4.78, 5) is 0. The summed E-state index contributed by atoms with van der Waals surface area (Å²) in [7, 11) is -1.80. The summed E-state index contributed by atoms with van der Waals surface area (Å²) in [6.45, 7) is 16.2. The first-order valence-corrected chi connectivity index (χ1v) is 13.7. The second-order valence-corrected chi connectivity index (χ2v) is 13.7. The Morgan fingerprint density at radius 3 is 2.57 bits per heavy atom. The number of allylic oxidation sites excluding steroid dienone is 4. The van der Waals surface area contributed by atoms with Gasteiger partial charge in [-0.1, -0.05) is 93.4 Å². The Hall–Kier alpha value is -1.54. The van der Waals surface area contributed by atoms with Crippen molar-refractivity contribution in [3.05, 3.63) is 59.7 Å². The lowest BCUT2D eigenvalue weighted by Gasteiger charge is -2.42. The number of hydrogen-bond acceptors (Lipinski definition) is 1. The molecule has 2 aliphatic rings. The highest BCUT2D eigenvalue weighted by Gasteiger charge is 2.51. The molecule has 3 rings (SSSR count). The van der Waals surface area contributed by atoms with Crippen molar-refractivity contribution >= 4 is 13.3 Å². The van der Waals surface area contributed by atoms with Gasteiger partial charge in [0.15, 0.2) is 0 Å². The zero-order valence-corrected chi connectivity index (χ0v) is 19.6. The molecule has 1 nitrogen and oxygen atoms in total. The first kappa shape index (κ1) is 21.2. The van der Waals surface area contributed by atoms with Crippen LogP contribution >= 0.6 is 0 Å². The molecule has 0 aromatic heterocycles. The van der Waals surface area contributed by atoms with Gasteiger partial charge in [-0.25, -0.2) is 0 Å². The molecule has 0 spiro atoms. The topological polar surface area (TPSA) is 9.23 Å². The molecule has 2 heteroatoms. The maximum Gasteiger partial charge on any atom is 0.121 e. The third kappa shape index (κ3) is 3.56. The van der Waals surface area contributed by atoms with E-state index in [1.807, 2.05) is 6.08 Å². The molecule has 0 heterocycles. The monoisotopic (exact) mass is 394 g/mol. The zero-order valence-electron chi connectivity index (χ0n) is 18.6. The number of ether oxygens (including phenoxy) is 1. The van der Waals surface area contributed by atoms with Crippen LogP contribution in [0.25, 0.3) is 0 Å². The van der Waals surface area contributed by atoms with E-state index in [2.05, 4.69) is 71.6 Å². The van der Waals surface area contributed by atoms with Crippen molar-refractivity contribution in [1.29, 1.82) is 0 Å². The van der Waals surface area contributed by atoms with Gasteiger partial charge in [0.25, 0.3) is 0 Å². The highest BCUT2D eigenvalue weighted by atomic mass is 28.3. The maximum atomic E-state index is 6.33. The molecule has 1 aromatic carbocycles. The number of aryl methyl sites for hydroxylation is 2. The standard InChI is InChI=1S/C26H38OSi/c1-7-15-27-25-20(6)16-19(5)17-24(25)28(9-3,10-4)26-21(8-2)18-22-13-11-12-14-23(22)26/h7,11-12,14,16-17,21-22,26H,1,8-10,13,15,18H2,2-6H3. The molecular weight excluding hydrogens is 356 g/mol. The second kappa shape index (κ2) is 8.86. The normalized spacial score (nSPS) is 24.0. The van der Waals surface area contributed by atoms with Gasteiger partial charge in [0.1, 0.15) is 12.4 Å². The molecule has 0 bridgehead atoms. The third-order valence-electron chi connectivity index (χ3n) is 7.42. The minimum absolute atomic E-state index is 0.588. The molecule has 152 valence electrons. The molecule has 28 heavy (non-hydrogen) atoms. The summed E-state index contributed by atoms with van der Waals surface area (Å²) in [5.41, 5.74) is 5.17. The van der Waals surface area contributed by atoms with E-state index in [0.29, 0.717) is 6.61 Å². The van der Waals surface area contributed by atoms with Gasteiger partial charge >= 0.3 is 0 Å². The predicted octanol–water partition coefficient (Wildman–Crippen LogP) is 6.87. The van der Waals surface area contributed by atoms with Crippen LogP contribution in [0.5, 0.6) is 5.75 Å². The van der Waals surface area contributed by atoms with Crippen LogP contribution in [0.2, 0.25) is 17.6 Å². The molecule has 2 aliphatic carbocycles. The van der Waals surface area contributed by atoms with Crippen LogP contribution in [0.3, 0.4) is 0 Å². The SMILES string of the molecule is C=CCOc1c(C)cc(C)cc1[Si](CC)(CC)C1C2=CC=CCC2CC1CC. The fraction of sp³-hybridized carbons (Fsp3) is 0.538. The summed E-state index contributed by atoms with van der Waals surface area (Å²) < 4.78 is 6.33. The van der Waals surface area contributed by atoms with E-state index in [0.717, 1.165) is 23.1 Å². The summed E-state index contributed by atoms with van der Waals surface area (Å²) >= 11 is 0. The average molecular weight is 395 g/mol. The number of benzene rings is 1. The van der Waals surface area contributed by atoms with Crippen molar-refractivity contribution in [2.75, 3.05) is 6.61 Å². The number of fused-ring (bicyclic) bond motifs is 1. The molecule has 0 radical (unpaired) electrons. The highest BCUT2D eigenvalue weighted by molar-refractivity contribution is 6.94. The van der Waals surface area contributed by atoms with Crippen molar-refractivity contribution in [3.8, 4) is 5.75 Å². The van der Waals surface area contributed by atoms with Gasteiger partial charge in [0.05, 0.1) is 8.07 Å². The molecule has 1 fully saturated rings. The Morgan fingerprint density at radius 1 is 1.18 bits per heavy atom. The zero-order chi connectivity index (χ0) is 20.3. The first-order valence-electron chi connectivity index (χ1n) is 11.2. The summed E-state index contributed by atoms with van der Waals surface area (Å²) in [5.74, 6) is 2.75. The van der Waals surface area contributed by atoms with Crippen molar-refractivity contribution < 1.29 is 4.74 Å². The predicted molar refractivity (Wildman–Crippen MR) is 125 cm³/mol. The van der Waals surface area contributed by atoms with E-state index in [-0.39, 0.29) is 0 Å². The van der Waals surface area contributed by atoms with Gasteiger partial charge in [-0.3, -0.25) is 0 Å². The lowest BCUT2D eigenvalue weighted by molar-refractivity contribution is 0.363. The van der Waals surface area contributed by atoms with Crippen molar-refractivity contribution in [2.45, 2.75) is 71.5 Å². The van der Waals surface area contributed by atoms with E-state index in [1.165, 1.54) is 42.5 Å². The first-order chi connectivity index (χ1) is 13.5. The van der Waals surface area contributed by atoms with Crippen LogP contribution in [-0.2, 0) is 0 Å². The molecular formula is C26H38OSi. The summed E-state index contributed by atoms with van der Waals surface area (Å²) in [5, 5.41) is 1.57. The maximum absolute atomic E-state index is 6.33. The molecule has 3 atom stereocenters. The Balaban J connectivity index is 2.21. The van der Waals surface area contributed by atoms with Gasteiger partial charge in [-0.2, -0.15) is 0 Å². The fourth-order valence-electron chi connectivity index (χ4n) is 6.13. The van der Waals surface area contributed by atoms with E-state index < -0.39 is 8.07 Å². The Bertz CT molecular complexity index is 769. The van der Waals surface area contributed by atoms with Crippen LogP contribution in [0.4, 0.5) is 0 Å². The van der Waals surface area contributed by atoms with E-state index in [1.54, 1.807) is 10.8 Å². The van der Waals surface area contributed by atoms with Gasteiger partial charge in [0, 0.05) is 0 Å². The largest absolute Gasteiger partial charge is 0.489 e. The molecule has 3 unspecified atom stereocenters. The third-order valence-corrected chi connectivity index (χ3v) is 13.4. The average Bonchev–Trinajstić information content (AvgIpc) is 3.08. The van der Waals surface area contributed by atoms with Gasteiger partial charge in [-0.05, 0) is 54.8 Å². The van der Waals surface area contributed by atoms with E-state index in [4.69, 9.17) is 4.74 Å². The van der Waals surface area contributed by atoms with Crippen LogP contribution in [0.15, 0.2) is 48.6 Å². The number of hydrogen-bond donors (Lipinski definition) is 0. The lowest BCUT2D eigenvalue weighted by Crippen LogP contribution is -2.53. The van der Waals surface area contributed by atoms with Crippen LogP contribution in [-0.4, -0.2) is 14.7 Å². The Morgan fingerprint density at radius 2 is 1.93 bits per heavy atom. The van der Waals surface area contributed by atoms with Crippen molar-refractivity contribution in [2.24, 2.45) is 11.8 Å². The van der Waals surface area contributed by atoms with Crippen LogP contribution in [0, 0.1) is 25.7 Å². The fourth-order valence-corrected chi connectivity index (χ4v) is 12.1. The lowest BCUT2D eigenvalue weighted by atomic mass is 9.94. The summed E-state index contributed by atoms with van der Waals surface area (Å²) in [6.07, 6.45) is 13.0. The van der Waals surface area contributed by atoms with E-state index >= 15 is 0 Å². The minimum atomic E-state index is -1.80.